The summed E-state index contributed by atoms with van der Waals surface area (Å²) < 4.78 is 10.7. The Morgan fingerprint density at radius 2 is 2.32 bits per heavy atom. The number of nitrogens with zero attached hydrogens (tertiary/aromatic N) is 2. The van der Waals surface area contributed by atoms with Gasteiger partial charge in [0.1, 0.15) is 5.76 Å². The van der Waals surface area contributed by atoms with Gasteiger partial charge < -0.3 is 19.4 Å². The summed E-state index contributed by atoms with van der Waals surface area (Å²) in [6.45, 7) is 3.51. The number of nitrogens with one attached hydrogen (secondary N) is 1. The fourth-order valence-electron chi connectivity index (χ4n) is 2.84. The van der Waals surface area contributed by atoms with Gasteiger partial charge in [0.2, 0.25) is 17.7 Å². The SMILES string of the molecule is CCOc1ncccc1CNC(=O)[C@H]1CC(=O)N(Cc2ccco2)C1. The van der Waals surface area contributed by atoms with Gasteiger partial charge in [-0.15, -0.1) is 0 Å². The van der Waals surface area contributed by atoms with Gasteiger partial charge in [-0.05, 0) is 25.1 Å². The molecule has 0 aliphatic carbocycles. The van der Waals surface area contributed by atoms with Crippen LogP contribution in [0.3, 0.4) is 0 Å². The van der Waals surface area contributed by atoms with Crippen molar-refractivity contribution in [1.82, 2.24) is 15.2 Å². The summed E-state index contributed by atoms with van der Waals surface area (Å²) in [5.41, 5.74) is 0.814. The van der Waals surface area contributed by atoms with Crippen LogP contribution >= 0.6 is 0 Å². The van der Waals surface area contributed by atoms with E-state index in [4.69, 9.17) is 9.15 Å². The Morgan fingerprint density at radius 3 is 3.08 bits per heavy atom. The molecule has 1 N–H and O–H groups in total. The number of hydrogen-bond acceptors (Lipinski definition) is 5. The predicted octanol–water partition coefficient (Wildman–Crippen LogP) is 1.74. The first-order valence-electron chi connectivity index (χ1n) is 8.32. The molecule has 2 aromatic rings. The second-order valence-electron chi connectivity index (χ2n) is 5.87. The van der Waals surface area contributed by atoms with Gasteiger partial charge in [0, 0.05) is 31.3 Å². The number of carbonyl (C=O) groups is 2. The average Bonchev–Trinajstić information content (AvgIpc) is 3.25. The van der Waals surface area contributed by atoms with Crippen molar-refractivity contribution in [3.05, 3.63) is 48.0 Å². The number of likely N-dealkylation sites (tertiary alicyclic amines) is 1. The van der Waals surface area contributed by atoms with Gasteiger partial charge in [0.25, 0.3) is 0 Å². The molecule has 3 rings (SSSR count). The minimum absolute atomic E-state index is 0.0343. The second-order valence-corrected chi connectivity index (χ2v) is 5.87. The van der Waals surface area contributed by atoms with Crippen LogP contribution in [-0.4, -0.2) is 34.8 Å². The molecule has 1 fully saturated rings. The van der Waals surface area contributed by atoms with Crippen molar-refractivity contribution < 1.29 is 18.7 Å². The fourth-order valence-corrected chi connectivity index (χ4v) is 2.84. The maximum Gasteiger partial charge on any atom is 0.225 e. The van der Waals surface area contributed by atoms with Crippen molar-refractivity contribution in [2.24, 2.45) is 5.92 Å². The molecule has 0 saturated carbocycles. The molecule has 0 aromatic carbocycles. The maximum atomic E-state index is 12.4. The highest BCUT2D eigenvalue weighted by Crippen LogP contribution is 2.21. The molecule has 132 valence electrons. The van der Waals surface area contributed by atoms with Crippen LogP contribution in [0.5, 0.6) is 5.88 Å². The fraction of sp³-hybridized carbons (Fsp3) is 0.389. The lowest BCUT2D eigenvalue weighted by Gasteiger charge is -2.15. The highest BCUT2D eigenvalue weighted by Gasteiger charge is 2.34. The molecule has 7 nitrogen and oxygen atoms in total. The molecule has 1 aliphatic rings. The number of aromatic nitrogens is 1. The van der Waals surface area contributed by atoms with E-state index in [9.17, 15) is 9.59 Å². The monoisotopic (exact) mass is 343 g/mol. The molecule has 2 aromatic heterocycles. The smallest absolute Gasteiger partial charge is 0.225 e. The zero-order valence-corrected chi connectivity index (χ0v) is 14.1. The summed E-state index contributed by atoms with van der Waals surface area (Å²) in [4.78, 5) is 30.3. The minimum Gasteiger partial charge on any atom is -0.478 e. The molecule has 1 saturated heterocycles. The lowest BCUT2D eigenvalue weighted by atomic mass is 10.1. The third-order valence-corrected chi connectivity index (χ3v) is 4.10. The largest absolute Gasteiger partial charge is 0.478 e. The Bertz CT molecular complexity index is 730. The first kappa shape index (κ1) is 17.0. The maximum absolute atomic E-state index is 12.4. The predicted molar refractivity (Wildman–Crippen MR) is 89.5 cm³/mol. The summed E-state index contributed by atoms with van der Waals surface area (Å²) >= 11 is 0. The van der Waals surface area contributed by atoms with Gasteiger partial charge in [0.05, 0.1) is 25.3 Å². The number of furan rings is 1. The lowest BCUT2D eigenvalue weighted by Crippen LogP contribution is -2.32. The first-order chi connectivity index (χ1) is 12.2. The van der Waals surface area contributed by atoms with E-state index < -0.39 is 0 Å². The molecule has 1 aliphatic heterocycles. The molecule has 0 unspecified atom stereocenters. The number of hydrogen-bond donors (Lipinski definition) is 1. The van der Waals surface area contributed by atoms with E-state index in [0.717, 1.165) is 5.56 Å². The highest BCUT2D eigenvalue weighted by atomic mass is 16.5. The normalized spacial score (nSPS) is 16.9. The Morgan fingerprint density at radius 1 is 1.44 bits per heavy atom. The average molecular weight is 343 g/mol. The summed E-state index contributed by atoms with van der Waals surface area (Å²) in [7, 11) is 0. The summed E-state index contributed by atoms with van der Waals surface area (Å²) in [6.07, 6.45) is 3.44. The van der Waals surface area contributed by atoms with Crippen molar-refractivity contribution in [3.63, 3.8) is 0 Å². The highest BCUT2D eigenvalue weighted by molar-refractivity contribution is 5.89. The molecule has 7 heteroatoms. The van der Waals surface area contributed by atoms with Crippen molar-refractivity contribution >= 4 is 11.8 Å². The molecule has 0 radical (unpaired) electrons. The number of rotatable bonds is 7. The zero-order chi connectivity index (χ0) is 17.6. The van der Waals surface area contributed by atoms with Crippen LogP contribution in [0.4, 0.5) is 0 Å². The van der Waals surface area contributed by atoms with E-state index in [1.54, 1.807) is 29.5 Å². The molecule has 3 heterocycles. The summed E-state index contributed by atoms with van der Waals surface area (Å²) in [5.74, 6) is 0.711. The van der Waals surface area contributed by atoms with Crippen molar-refractivity contribution in [1.29, 1.82) is 0 Å². The summed E-state index contributed by atoms with van der Waals surface area (Å²) in [5, 5.41) is 2.88. The number of ether oxygens (including phenoxy) is 1. The quantitative estimate of drug-likeness (QED) is 0.828. The number of amides is 2. The molecule has 0 spiro atoms. The Balaban J connectivity index is 1.54. The van der Waals surface area contributed by atoms with E-state index in [1.165, 1.54) is 0 Å². The van der Waals surface area contributed by atoms with Crippen LogP contribution in [0.1, 0.15) is 24.7 Å². The van der Waals surface area contributed by atoms with Crippen LogP contribution in [0.25, 0.3) is 0 Å². The van der Waals surface area contributed by atoms with E-state index in [1.807, 2.05) is 19.1 Å². The standard InChI is InChI=1S/C18H21N3O4/c1-2-24-18-13(5-3-7-19-18)10-20-17(23)14-9-16(22)21(11-14)12-15-6-4-8-25-15/h3-8,14H,2,9-12H2,1H3,(H,20,23)/t14-/m0/s1. The van der Waals surface area contributed by atoms with Gasteiger partial charge in [-0.1, -0.05) is 6.07 Å². The second kappa shape index (κ2) is 7.83. The lowest BCUT2D eigenvalue weighted by molar-refractivity contribution is -0.129. The van der Waals surface area contributed by atoms with Gasteiger partial charge in [-0.2, -0.15) is 0 Å². The van der Waals surface area contributed by atoms with Crippen LogP contribution < -0.4 is 10.1 Å². The van der Waals surface area contributed by atoms with Gasteiger partial charge in [-0.3, -0.25) is 9.59 Å². The van der Waals surface area contributed by atoms with Crippen molar-refractivity contribution in [3.8, 4) is 5.88 Å². The van der Waals surface area contributed by atoms with Gasteiger partial charge in [0.15, 0.2) is 0 Å². The van der Waals surface area contributed by atoms with Crippen molar-refractivity contribution in [2.75, 3.05) is 13.2 Å². The first-order valence-corrected chi connectivity index (χ1v) is 8.32. The summed E-state index contributed by atoms with van der Waals surface area (Å²) in [6, 6.07) is 7.26. The molecule has 2 amide bonds. The molecule has 25 heavy (non-hydrogen) atoms. The van der Waals surface area contributed by atoms with Crippen molar-refractivity contribution in [2.45, 2.75) is 26.4 Å². The minimum atomic E-state index is -0.352. The van der Waals surface area contributed by atoms with Crippen LogP contribution in [0.2, 0.25) is 0 Å². The van der Waals surface area contributed by atoms with Crippen LogP contribution in [0, 0.1) is 5.92 Å². The Kier molecular flexibility index (Phi) is 5.33. The number of pyridine rings is 1. The van der Waals surface area contributed by atoms with E-state index >= 15 is 0 Å². The molecule has 0 bridgehead atoms. The molecular weight excluding hydrogens is 322 g/mol. The van der Waals surface area contributed by atoms with E-state index in [2.05, 4.69) is 10.3 Å². The Labute approximate surface area is 146 Å². The van der Waals surface area contributed by atoms with Crippen LogP contribution in [-0.2, 0) is 22.7 Å². The van der Waals surface area contributed by atoms with Gasteiger partial charge >= 0.3 is 0 Å². The zero-order valence-electron chi connectivity index (χ0n) is 14.1. The molecular formula is C18H21N3O4. The topological polar surface area (TPSA) is 84.7 Å². The third kappa shape index (κ3) is 4.17. The molecule has 1 atom stereocenters. The third-order valence-electron chi connectivity index (χ3n) is 4.10. The number of carbonyl (C=O) groups excluding carboxylic acids is 2. The van der Waals surface area contributed by atoms with E-state index in [-0.39, 0.29) is 24.2 Å². The van der Waals surface area contributed by atoms with Gasteiger partial charge in [-0.25, -0.2) is 4.98 Å². The van der Waals surface area contributed by atoms with E-state index in [0.29, 0.717) is 37.9 Å². The Hall–Kier alpha value is -2.83. The van der Waals surface area contributed by atoms with Crippen LogP contribution in [0.15, 0.2) is 41.1 Å².